The summed E-state index contributed by atoms with van der Waals surface area (Å²) in [6.07, 6.45) is 1.32. The summed E-state index contributed by atoms with van der Waals surface area (Å²) in [5.41, 5.74) is 1.27. The number of halogens is 1. The fourth-order valence-corrected chi connectivity index (χ4v) is 3.62. The lowest BCUT2D eigenvalue weighted by atomic mass is 10.2. The highest BCUT2D eigenvalue weighted by molar-refractivity contribution is 7.92. The number of rotatable bonds is 6. The Kier molecular flexibility index (Phi) is 4.77. The minimum atomic E-state index is -3.82. The normalized spacial score (nSPS) is 11.4. The Morgan fingerprint density at radius 1 is 1.03 bits per heavy atom. The molecule has 4 aromatic rings. The van der Waals surface area contributed by atoms with E-state index in [0.29, 0.717) is 22.7 Å². The van der Waals surface area contributed by atoms with Gasteiger partial charge >= 0.3 is 0 Å². The Hall–Kier alpha value is -3.66. The molecule has 29 heavy (non-hydrogen) atoms. The first kappa shape index (κ1) is 18.7. The molecule has 2 aromatic heterocycles. The molecule has 0 radical (unpaired) electrons. The SMILES string of the molecule is COc1ccc(NS(=O)(=O)c2c[nH]c(-c3nnc(-c4ccc(F)cc4)o3)c2)cc1. The average molecular weight is 414 g/mol. The molecule has 0 amide bonds. The zero-order valence-electron chi connectivity index (χ0n) is 15.1. The molecule has 0 saturated heterocycles. The van der Waals surface area contributed by atoms with Crippen LogP contribution in [0.3, 0.4) is 0 Å². The molecular weight excluding hydrogens is 399 g/mol. The molecule has 2 heterocycles. The molecule has 0 bridgehead atoms. The molecule has 0 spiro atoms. The Morgan fingerprint density at radius 3 is 2.41 bits per heavy atom. The van der Waals surface area contributed by atoms with E-state index in [9.17, 15) is 12.8 Å². The quantitative estimate of drug-likeness (QED) is 0.498. The number of nitrogens with one attached hydrogen (secondary N) is 2. The number of sulfonamides is 1. The third-order valence-electron chi connectivity index (χ3n) is 4.06. The van der Waals surface area contributed by atoms with Gasteiger partial charge in [0.05, 0.1) is 7.11 Å². The Bertz CT molecular complexity index is 1230. The third-order valence-corrected chi connectivity index (χ3v) is 5.42. The summed E-state index contributed by atoms with van der Waals surface area (Å²) in [6, 6.07) is 13.5. The van der Waals surface area contributed by atoms with Crippen molar-refractivity contribution >= 4 is 15.7 Å². The van der Waals surface area contributed by atoms with Crippen molar-refractivity contribution in [1.29, 1.82) is 0 Å². The molecule has 2 N–H and O–H groups in total. The van der Waals surface area contributed by atoms with Gasteiger partial charge < -0.3 is 14.1 Å². The summed E-state index contributed by atoms with van der Waals surface area (Å²) in [4.78, 5) is 2.82. The molecule has 8 nitrogen and oxygen atoms in total. The van der Waals surface area contributed by atoms with E-state index in [-0.39, 0.29) is 22.5 Å². The number of aromatic amines is 1. The zero-order valence-corrected chi connectivity index (χ0v) is 15.9. The predicted molar refractivity (Wildman–Crippen MR) is 103 cm³/mol. The van der Waals surface area contributed by atoms with Crippen LogP contribution in [0.1, 0.15) is 0 Å². The average Bonchev–Trinajstić information content (AvgIpc) is 3.39. The van der Waals surface area contributed by atoms with Crippen LogP contribution in [-0.2, 0) is 10.0 Å². The summed E-state index contributed by atoms with van der Waals surface area (Å²) in [5, 5.41) is 7.82. The summed E-state index contributed by atoms with van der Waals surface area (Å²) >= 11 is 0. The summed E-state index contributed by atoms with van der Waals surface area (Å²) in [7, 11) is -2.30. The van der Waals surface area contributed by atoms with Crippen LogP contribution in [0, 0.1) is 5.82 Å². The number of H-pyrrole nitrogens is 1. The van der Waals surface area contributed by atoms with Crippen molar-refractivity contribution in [1.82, 2.24) is 15.2 Å². The van der Waals surface area contributed by atoms with Gasteiger partial charge in [-0.15, -0.1) is 10.2 Å². The summed E-state index contributed by atoms with van der Waals surface area (Å²) in [6.45, 7) is 0. The first-order valence-corrected chi connectivity index (χ1v) is 9.88. The van der Waals surface area contributed by atoms with E-state index in [1.807, 2.05) is 0 Å². The highest BCUT2D eigenvalue weighted by Crippen LogP contribution is 2.26. The number of benzene rings is 2. The third kappa shape index (κ3) is 3.97. The molecule has 2 aromatic carbocycles. The lowest BCUT2D eigenvalue weighted by Gasteiger charge is -2.07. The van der Waals surface area contributed by atoms with E-state index < -0.39 is 10.0 Å². The number of nitrogens with zero attached hydrogens (tertiary/aromatic N) is 2. The van der Waals surface area contributed by atoms with Crippen molar-refractivity contribution in [2.45, 2.75) is 4.90 Å². The van der Waals surface area contributed by atoms with Gasteiger partial charge in [-0.2, -0.15) is 0 Å². The maximum absolute atomic E-state index is 13.0. The van der Waals surface area contributed by atoms with Gasteiger partial charge in [-0.3, -0.25) is 4.72 Å². The summed E-state index contributed by atoms with van der Waals surface area (Å²) < 4.78 is 51.3. The molecule has 10 heteroatoms. The van der Waals surface area contributed by atoms with Crippen molar-refractivity contribution in [2.75, 3.05) is 11.8 Å². The smallest absolute Gasteiger partial charge is 0.264 e. The highest BCUT2D eigenvalue weighted by Gasteiger charge is 2.19. The Labute approximate surface area is 165 Å². The van der Waals surface area contributed by atoms with Crippen molar-refractivity contribution in [3.8, 4) is 28.8 Å². The molecule has 0 fully saturated rings. The summed E-state index contributed by atoms with van der Waals surface area (Å²) in [5.74, 6) is 0.535. The van der Waals surface area contributed by atoms with Gasteiger partial charge in [0.1, 0.15) is 22.2 Å². The lowest BCUT2D eigenvalue weighted by Crippen LogP contribution is -2.11. The molecule has 0 aliphatic heterocycles. The standard InChI is InChI=1S/C19H15FN4O4S/c1-27-15-8-6-14(7-9-15)24-29(25,26)16-10-17(21-11-16)19-23-22-18(28-19)12-2-4-13(20)5-3-12/h2-11,21,24H,1H3. The first-order valence-electron chi connectivity index (χ1n) is 8.40. The van der Waals surface area contributed by atoms with E-state index in [1.165, 1.54) is 43.6 Å². The second-order valence-corrected chi connectivity index (χ2v) is 7.68. The lowest BCUT2D eigenvalue weighted by molar-refractivity contribution is 0.415. The monoisotopic (exact) mass is 414 g/mol. The van der Waals surface area contributed by atoms with Gasteiger partial charge in [-0.1, -0.05) is 0 Å². The van der Waals surface area contributed by atoms with E-state index in [1.54, 1.807) is 24.3 Å². The van der Waals surface area contributed by atoms with Gasteiger partial charge in [0, 0.05) is 17.4 Å². The van der Waals surface area contributed by atoms with Crippen molar-refractivity contribution in [3.63, 3.8) is 0 Å². The molecule has 0 atom stereocenters. The fourth-order valence-electron chi connectivity index (χ4n) is 2.57. The predicted octanol–water partition coefficient (Wildman–Crippen LogP) is 3.68. The van der Waals surface area contributed by atoms with Crippen LogP contribution in [0.2, 0.25) is 0 Å². The second-order valence-electron chi connectivity index (χ2n) is 6.00. The van der Waals surface area contributed by atoms with Gasteiger partial charge in [-0.05, 0) is 54.6 Å². The van der Waals surface area contributed by atoms with Gasteiger partial charge in [0.2, 0.25) is 5.89 Å². The van der Waals surface area contributed by atoms with Crippen LogP contribution in [-0.4, -0.2) is 30.7 Å². The van der Waals surface area contributed by atoms with Crippen molar-refractivity contribution < 1.29 is 22.0 Å². The maximum atomic E-state index is 13.0. The van der Waals surface area contributed by atoms with Crippen LogP contribution >= 0.6 is 0 Å². The maximum Gasteiger partial charge on any atom is 0.264 e. The van der Waals surface area contributed by atoms with Crippen molar-refractivity contribution in [2.24, 2.45) is 0 Å². The molecule has 4 rings (SSSR count). The number of methoxy groups -OCH3 is 1. The van der Waals surface area contributed by atoms with Crippen LogP contribution in [0.25, 0.3) is 23.0 Å². The molecule has 148 valence electrons. The van der Waals surface area contributed by atoms with E-state index in [4.69, 9.17) is 9.15 Å². The minimum absolute atomic E-state index is 0.00449. The topological polar surface area (TPSA) is 110 Å². The number of aromatic nitrogens is 3. The van der Waals surface area contributed by atoms with E-state index in [2.05, 4.69) is 19.9 Å². The number of hydrogen-bond acceptors (Lipinski definition) is 6. The number of ether oxygens (including phenoxy) is 1. The number of anilines is 1. The van der Waals surface area contributed by atoms with Crippen molar-refractivity contribution in [3.05, 3.63) is 66.6 Å². The van der Waals surface area contributed by atoms with Crippen LogP contribution < -0.4 is 9.46 Å². The molecule has 0 aliphatic rings. The first-order chi connectivity index (χ1) is 13.9. The minimum Gasteiger partial charge on any atom is -0.497 e. The Balaban J connectivity index is 1.55. The van der Waals surface area contributed by atoms with E-state index in [0.717, 1.165) is 0 Å². The van der Waals surface area contributed by atoms with Crippen LogP contribution in [0.5, 0.6) is 5.75 Å². The number of hydrogen-bond donors (Lipinski definition) is 2. The second kappa shape index (κ2) is 7.40. The molecule has 0 saturated carbocycles. The fraction of sp³-hybridized carbons (Fsp3) is 0.0526. The molecular formula is C19H15FN4O4S. The largest absolute Gasteiger partial charge is 0.497 e. The van der Waals surface area contributed by atoms with Crippen LogP contribution in [0.15, 0.2) is 70.1 Å². The van der Waals surface area contributed by atoms with E-state index >= 15 is 0 Å². The zero-order chi connectivity index (χ0) is 20.4. The molecule has 0 unspecified atom stereocenters. The van der Waals surface area contributed by atoms with Gasteiger partial charge in [0.25, 0.3) is 15.9 Å². The Morgan fingerprint density at radius 2 is 1.72 bits per heavy atom. The van der Waals surface area contributed by atoms with Crippen LogP contribution in [0.4, 0.5) is 10.1 Å². The highest BCUT2D eigenvalue weighted by atomic mass is 32.2. The van der Waals surface area contributed by atoms with Gasteiger partial charge in [-0.25, -0.2) is 12.8 Å². The molecule has 0 aliphatic carbocycles. The van der Waals surface area contributed by atoms with Gasteiger partial charge in [0.15, 0.2) is 0 Å².